The number of benzene rings is 2. The van der Waals surface area contributed by atoms with Gasteiger partial charge in [0.05, 0.1) is 0 Å². The van der Waals surface area contributed by atoms with Crippen LogP contribution in [-0.2, 0) is 0 Å². The fourth-order valence-electron chi connectivity index (χ4n) is 2.04. The second-order valence-corrected chi connectivity index (χ2v) is 4.42. The molecule has 1 heterocycles. The molecule has 0 saturated carbocycles. The summed E-state index contributed by atoms with van der Waals surface area (Å²) in [5.41, 5.74) is 1.43. The van der Waals surface area contributed by atoms with Crippen molar-refractivity contribution in [2.24, 2.45) is 0 Å². The molecule has 0 aliphatic carbocycles. The van der Waals surface area contributed by atoms with Gasteiger partial charge in [-0.2, -0.15) is 0 Å². The van der Waals surface area contributed by atoms with Gasteiger partial charge in [-0.1, -0.05) is 30.3 Å². The zero-order valence-electron chi connectivity index (χ0n) is 10.5. The van der Waals surface area contributed by atoms with E-state index in [2.05, 4.69) is 21.4 Å². The third-order valence-corrected chi connectivity index (χ3v) is 2.88. The zero-order valence-corrected chi connectivity index (χ0v) is 10.5. The van der Waals surface area contributed by atoms with Gasteiger partial charge in [-0.25, -0.2) is 4.98 Å². The highest BCUT2D eigenvalue weighted by atomic mass is 16.1. The van der Waals surface area contributed by atoms with Crippen molar-refractivity contribution in [3.63, 3.8) is 0 Å². The van der Waals surface area contributed by atoms with Gasteiger partial charge in [0.2, 0.25) is 5.95 Å². The minimum Gasteiger partial charge on any atom is -0.326 e. The molecule has 19 heavy (non-hydrogen) atoms. The molecule has 1 aromatic heterocycles. The summed E-state index contributed by atoms with van der Waals surface area (Å²) in [6.07, 6.45) is 0. The summed E-state index contributed by atoms with van der Waals surface area (Å²) in [7, 11) is 0. The van der Waals surface area contributed by atoms with Crippen LogP contribution in [-0.4, -0.2) is 9.97 Å². The van der Waals surface area contributed by atoms with Gasteiger partial charge in [-0.15, -0.1) is 0 Å². The minimum atomic E-state index is -0.157. The minimum absolute atomic E-state index is 0.157. The lowest BCUT2D eigenvalue weighted by molar-refractivity contribution is 1.07. The summed E-state index contributed by atoms with van der Waals surface area (Å²) in [5, 5.41) is 5.43. The predicted octanol–water partition coefficient (Wildman–Crippen LogP) is 2.98. The Hall–Kier alpha value is -2.62. The summed E-state index contributed by atoms with van der Waals surface area (Å²) in [6, 6.07) is 15.6. The molecule has 3 rings (SSSR count). The van der Waals surface area contributed by atoms with Gasteiger partial charge in [0.15, 0.2) is 0 Å². The first-order valence-corrected chi connectivity index (χ1v) is 6.04. The number of aryl methyl sites for hydroxylation is 1. The molecule has 4 heteroatoms. The molecule has 3 aromatic rings. The fourth-order valence-corrected chi connectivity index (χ4v) is 2.04. The largest absolute Gasteiger partial charge is 0.326 e. The quantitative estimate of drug-likeness (QED) is 0.736. The topological polar surface area (TPSA) is 57.8 Å². The molecule has 0 amide bonds. The molecule has 0 unspecified atom stereocenters. The maximum Gasteiger partial charge on any atom is 0.252 e. The van der Waals surface area contributed by atoms with Crippen LogP contribution in [0.15, 0.2) is 53.3 Å². The number of hydrogen-bond acceptors (Lipinski definition) is 3. The van der Waals surface area contributed by atoms with Gasteiger partial charge < -0.3 is 5.32 Å². The van der Waals surface area contributed by atoms with Gasteiger partial charge in [0, 0.05) is 17.4 Å². The number of fused-ring (bicyclic) bond motifs is 1. The number of hydrogen-bond donors (Lipinski definition) is 2. The van der Waals surface area contributed by atoms with Crippen LogP contribution in [0.5, 0.6) is 0 Å². The summed E-state index contributed by atoms with van der Waals surface area (Å²) in [5.74, 6) is 0.459. The molecule has 0 bridgehead atoms. The maximum absolute atomic E-state index is 11.4. The first kappa shape index (κ1) is 11.5. The van der Waals surface area contributed by atoms with Crippen LogP contribution in [0.2, 0.25) is 0 Å². The van der Waals surface area contributed by atoms with Crippen molar-refractivity contribution in [2.45, 2.75) is 6.92 Å². The van der Waals surface area contributed by atoms with E-state index in [1.54, 1.807) is 6.92 Å². The standard InChI is InChI=1S/C15H13N3O/c1-10-8-14(19)18-15(16-10)17-13-7-6-11-4-2-3-5-12(11)9-13/h2-9H,1H3,(H2,16,17,18,19). The molecular formula is C15H13N3O. The Balaban J connectivity index is 1.98. The molecule has 4 nitrogen and oxygen atoms in total. The van der Waals surface area contributed by atoms with E-state index in [0.717, 1.165) is 11.1 Å². The van der Waals surface area contributed by atoms with Crippen LogP contribution in [0.25, 0.3) is 10.8 Å². The molecule has 0 aliphatic heterocycles. The Morgan fingerprint density at radius 2 is 1.84 bits per heavy atom. The Labute approximate surface area is 110 Å². The number of aromatic amines is 1. The number of anilines is 2. The second-order valence-electron chi connectivity index (χ2n) is 4.42. The van der Waals surface area contributed by atoms with Crippen molar-refractivity contribution >= 4 is 22.4 Å². The van der Waals surface area contributed by atoms with E-state index in [1.807, 2.05) is 36.4 Å². The van der Waals surface area contributed by atoms with Crippen molar-refractivity contribution in [2.75, 3.05) is 5.32 Å². The number of rotatable bonds is 2. The van der Waals surface area contributed by atoms with E-state index in [-0.39, 0.29) is 5.56 Å². The van der Waals surface area contributed by atoms with E-state index in [0.29, 0.717) is 11.6 Å². The summed E-state index contributed by atoms with van der Waals surface area (Å²) >= 11 is 0. The molecule has 0 aliphatic rings. The van der Waals surface area contributed by atoms with Crippen molar-refractivity contribution in [3.05, 3.63) is 64.6 Å². The van der Waals surface area contributed by atoms with E-state index < -0.39 is 0 Å². The number of nitrogens with one attached hydrogen (secondary N) is 2. The Morgan fingerprint density at radius 1 is 1.05 bits per heavy atom. The predicted molar refractivity (Wildman–Crippen MR) is 76.8 cm³/mol. The highest BCUT2D eigenvalue weighted by Crippen LogP contribution is 2.20. The molecule has 0 saturated heterocycles. The molecule has 0 radical (unpaired) electrons. The summed E-state index contributed by atoms with van der Waals surface area (Å²) in [4.78, 5) is 18.3. The normalized spacial score (nSPS) is 10.6. The fraction of sp³-hybridized carbons (Fsp3) is 0.0667. The number of nitrogens with zero attached hydrogens (tertiary/aromatic N) is 1. The maximum atomic E-state index is 11.4. The van der Waals surface area contributed by atoms with Crippen LogP contribution < -0.4 is 10.9 Å². The molecule has 0 atom stereocenters. The summed E-state index contributed by atoms with van der Waals surface area (Å²) < 4.78 is 0. The SMILES string of the molecule is Cc1cc(=O)[nH]c(Nc2ccc3ccccc3c2)n1. The van der Waals surface area contributed by atoms with E-state index in [4.69, 9.17) is 0 Å². The van der Waals surface area contributed by atoms with Crippen molar-refractivity contribution in [1.29, 1.82) is 0 Å². The van der Waals surface area contributed by atoms with Gasteiger partial charge >= 0.3 is 0 Å². The molecular weight excluding hydrogens is 238 g/mol. The van der Waals surface area contributed by atoms with Crippen LogP contribution in [0, 0.1) is 6.92 Å². The first-order chi connectivity index (χ1) is 9.20. The average Bonchev–Trinajstić information content (AvgIpc) is 2.37. The molecule has 0 fully saturated rings. The van der Waals surface area contributed by atoms with Crippen LogP contribution in [0.3, 0.4) is 0 Å². The van der Waals surface area contributed by atoms with Crippen LogP contribution in [0.1, 0.15) is 5.69 Å². The lowest BCUT2D eigenvalue weighted by atomic mass is 10.1. The molecule has 2 N–H and O–H groups in total. The molecule has 2 aromatic carbocycles. The molecule has 94 valence electrons. The third-order valence-electron chi connectivity index (χ3n) is 2.88. The smallest absolute Gasteiger partial charge is 0.252 e. The number of H-pyrrole nitrogens is 1. The summed E-state index contributed by atoms with van der Waals surface area (Å²) in [6.45, 7) is 1.79. The third kappa shape index (κ3) is 2.47. The van der Waals surface area contributed by atoms with E-state index in [1.165, 1.54) is 11.5 Å². The Kier molecular flexibility index (Phi) is 2.76. The van der Waals surface area contributed by atoms with Crippen LogP contribution >= 0.6 is 0 Å². The lowest BCUT2D eigenvalue weighted by Crippen LogP contribution is -2.10. The Bertz CT molecular complexity index is 792. The van der Waals surface area contributed by atoms with Crippen molar-refractivity contribution < 1.29 is 0 Å². The Morgan fingerprint density at radius 3 is 2.63 bits per heavy atom. The van der Waals surface area contributed by atoms with Crippen molar-refractivity contribution in [1.82, 2.24) is 9.97 Å². The molecule has 0 spiro atoms. The average molecular weight is 251 g/mol. The highest BCUT2D eigenvalue weighted by Gasteiger charge is 2.00. The van der Waals surface area contributed by atoms with Gasteiger partial charge in [0.25, 0.3) is 5.56 Å². The zero-order chi connectivity index (χ0) is 13.2. The van der Waals surface area contributed by atoms with E-state index >= 15 is 0 Å². The monoisotopic (exact) mass is 251 g/mol. The van der Waals surface area contributed by atoms with Gasteiger partial charge in [-0.05, 0) is 29.8 Å². The second kappa shape index (κ2) is 4.57. The van der Waals surface area contributed by atoms with Gasteiger partial charge in [0.1, 0.15) is 0 Å². The first-order valence-electron chi connectivity index (χ1n) is 6.04. The van der Waals surface area contributed by atoms with Gasteiger partial charge in [-0.3, -0.25) is 9.78 Å². The van der Waals surface area contributed by atoms with Crippen molar-refractivity contribution in [3.8, 4) is 0 Å². The lowest BCUT2D eigenvalue weighted by Gasteiger charge is -2.07. The number of aromatic nitrogens is 2. The highest BCUT2D eigenvalue weighted by molar-refractivity contribution is 5.86. The van der Waals surface area contributed by atoms with Crippen LogP contribution in [0.4, 0.5) is 11.6 Å². The van der Waals surface area contributed by atoms with E-state index in [9.17, 15) is 4.79 Å².